The van der Waals surface area contributed by atoms with E-state index >= 15 is 0 Å². The van der Waals surface area contributed by atoms with Crippen molar-refractivity contribution in [3.63, 3.8) is 0 Å². The van der Waals surface area contributed by atoms with Crippen molar-refractivity contribution < 1.29 is 4.74 Å². The summed E-state index contributed by atoms with van der Waals surface area (Å²) < 4.78 is 8.38. The molecule has 0 aliphatic carbocycles. The summed E-state index contributed by atoms with van der Waals surface area (Å²) in [6.07, 6.45) is 0. The third-order valence-corrected chi connectivity index (χ3v) is 10.7. The van der Waals surface area contributed by atoms with Crippen LogP contribution in [0.25, 0.3) is 63.7 Å². The van der Waals surface area contributed by atoms with Crippen LogP contribution >= 0.6 is 34.0 Å². The lowest BCUT2D eigenvalue weighted by Gasteiger charge is -2.26. The van der Waals surface area contributed by atoms with E-state index in [4.69, 9.17) is 4.74 Å². The Bertz CT molecular complexity index is 2130. The quantitative estimate of drug-likeness (QED) is 0.173. The highest BCUT2D eigenvalue weighted by Crippen LogP contribution is 2.59. The van der Waals surface area contributed by atoms with Crippen molar-refractivity contribution in [2.24, 2.45) is 0 Å². The van der Waals surface area contributed by atoms with Gasteiger partial charge in [0, 0.05) is 47.1 Å². The Morgan fingerprint density at radius 2 is 0.955 bits per heavy atom. The summed E-state index contributed by atoms with van der Waals surface area (Å²) in [5.41, 5.74) is 8.12. The van der Waals surface area contributed by atoms with Gasteiger partial charge in [-0.15, -0.1) is 34.0 Å². The third-order valence-electron chi connectivity index (χ3n) is 7.75. The average molecular weight is 619 g/mol. The van der Waals surface area contributed by atoms with Crippen molar-refractivity contribution in [2.45, 2.75) is 0 Å². The van der Waals surface area contributed by atoms with E-state index in [-0.39, 0.29) is 0 Å². The molecule has 0 atom stereocenters. The maximum absolute atomic E-state index is 7.10. The van der Waals surface area contributed by atoms with Crippen molar-refractivity contribution in [2.75, 3.05) is 0 Å². The van der Waals surface area contributed by atoms with Crippen LogP contribution in [0.4, 0.5) is 0 Å². The van der Waals surface area contributed by atoms with Crippen LogP contribution in [0.5, 0.6) is 11.5 Å². The van der Waals surface area contributed by atoms with Crippen LogP contribution in [-0.2, 0) is 0 Å². The number of fused-ring (bicyclic) bond motifs is 1. The number of benzene rings is 5. The molecule has 3 heterocycles. The van der Waals surface area contributed by atoms with Crippen LogP contribution < -0.4 is 4.74 Å². The minimum absolute atomic E-state index is 0.813. The first-order valence-corrected chi connectivity index (χ1v) is 17.1. The van der Waals surface area contributed by atoms with Gasteiger partial charge in [0.1, 0.15) is 11.5 Å². The van der Waals surface area contributed by atoms with Gasteiger partial charge in [0.15, 0.2) is 0 Å². The molecular formula is C40H26OS3. The predicted molar refractivity (Wildman–Crippen MR) is 191 cm³/mol. The zero-order valence-corrected chi connectivity index (χ0v) is 26.1. The minimum atomic E-state index is 0.813. The average Bonchev–Trinajstić information content (AvgIpc) is 3.88. The van der Waals surface area contributed by atoms with Crippen molar-refractivity contribution in [1.29, 1.82) is 0 Å². The van der Waals surface area contributed by atoms with Crippen molar-refractivity contribution in [3.05, 3.63) is 156 Å². The fraction of sp³-hybridized carbons (Fsp3) is 0. The molecule has 210 valence electrons. The molecule has 0 radical (unpaired) electrons. The fourth-order valence-electron chi connectivity index (χ4n) is 5.88. The second-order valence-corrected chi connectivity index (χ2v) is 13.4. The van der Waals surface area contributed by atoms with Crippen molar-refractivity contribution in [3.8, 4) is 65.1 Å². The maximum Gasteiger partial charge on any atom is 0.145 e. The van der Waals surface area contributed by atoms with Gasteiger partial charge in [0.25, 0.3) is 0 Å². The summed E-state index contributed by atoms with van der Waals surface area (Å²) in [5, 5.41) is 5.59. The van der Waals surface area contributed by atoms with Crippen LogP contribution in [0, 0.1) is 0 Å². The monoisotopic (exact) mass is 618 g/mol. The van der Waals surface area contributed by atoms with E-state index in [9.17, 15) is 0 Å². The summed E-state index contributed by atoms with van der Waals surface area (Å²) in [5.74, 6) is 1.68. The SMILES string of the molecule is c1ccc(Oc2c(-c3ccccc3)c(-c3ccccc3)c(-c3cccs3)c(-c3cc4ccccc4s3)c2-c2cccs2)cc1. The van der Waals surface area contributed by atoms with Gasteiger partial charge < -0.3 is 4.74 Å². The molecular weight excluding hydrogens is 593 g/mol. The molecule has 8 rings (SSSR count). The molecule has 3 aromatic heterocycles. The second-order valence-electron chi connectivity index (χ2n) is 10.5. The number of hydrogen-bond acceptors (Lipinski definition) is 4. The Kier molecular flexibility index (Phi) is 7.17. The van der Waals surface area contributed by atoms with Crippen molar-refractivity contribution in [1.82, 2.24) is 0 Å². The molecule has 4 heteroatoms. The maximum atomic E-state index is 7.10. The highest BCUT2D eigenvalue weighted by Gasteiger charge is 2.31. The molecule has 8 aromatic rings. The van der Waals surface area contributed by atoms with E-state index < -0.39 is 0 Å². The Hall–Kier alpha value is -4.74. The number of rotatable bonds is 7. The minimum Gasteiger partial charge on any atom is -0.456 e. The highest BCUT2D eigenvalue weighted by atomic mass is 32.1. The van der Waals surface area contributed by atoms with Crippen LogP contribution in [0.1, 0.15) is 0 Å². The molecule has 0 saturated heterocycles. The van der Waals surface area contributed by atoms with Gasteiger partial charge in [-0.2, -0.15) is 0 Å². The van der Waals surface area contributed by atoms with Crippen LogP contribution in [-0.4, -0.2) is 0 Å². The molecule has 0 fully saturated rings. The lowest BCUT2D eigenvalue weighted by atomic mass is 9.82. The highest BCUT2D eigenvalue weighted by molar-refractivity contribution is 7.22. The van der Waals surface area contributed by atoms with E-state index in [0.717, 1.165) is 33.8 Å². The third kappa shape index (κ3) is 4.87. The lowest BCUT2D eigenvalue weighted by molar-refractivity contribution is 0.487. The molecule has 0 saturated carbocycles. The summed E-state index contributed by atoms with van der Waals surface area (Å²) in [7, 11) is 0. The summed E-state index contributed by atoms with van der Waals surface area (Å²) in [6, 6.07) is 51.5. The molecule has 0 aliphatic heterocycles. The summed E-state index contributed by atoms with van der Waals surface area (Å²) >= 11 is 5.39. The molecule has 0 bridgehead atoms. The standard InChI is InChI=1S/C40H26OS3/c1-4-14-27(15-5-1)35-36(28-16-6-2-7-17-28)40(41-30-19-8-3-9-20-30)39(33-23-13-25-43-33)38(37(35)32-22-12-24-42-32)34-26-29-18-10-11-21-31(29)44-34/h1-26H. The molecule has 5 aromatic carbocycles. The van der Waals surface area contributed by atoms with Gasteiger partial charge >= 0.3 is 0 Å². The Morgan fingerprint density at radius 3 is 1.57 bits per heavy atom. The fourth-order valence-corrected chi connectivity index (χ4v) is 8.56. The molecule has 0 amide bonds. The summed E-state index contributed by atoms with van der Waals surface area (Å²) in [4.78, 5) is 3.64. The molecule has 0 spiro atoms. The smallest absolute Gasteiger partial charge is 0.145 e. The number of ether oxygens (including phenoxy) is 1. The molecule has 44 heavy (non-hydrogen) atoms. The second kappa shape index (κ2) is 11.7. The molecule has 0 aliphatic rings. The van der Waals surface area contributed by atoms with Gasteiger partial charge in [-0.1, -0.05) is 109 Å². The normalized spacial score (nSPS) is 11.2. The Labute approximate surface area is 268 Å². The van der Waals surface area contributed by atoms with Crippen LogP contribution in [0.15, 0.2) is 156 Å². The van der Waals surface area contributed by atoms with Gasteiger partial charge in [0.2, 0.25) is 0 Å². The first-order chi connectivity index (χ1) is 21.8. The van der Waals surface area contributed by atoms with E-state index in [0.29, 0.717) is 0 Å². The van der Waals surface area contributed by atoms with E-state index in [1.165, 1.54) is 41.4 Å². The molecule has 0 N–H and O–H groups in total. The number of para-hydroxylation sites is 1. The Morgan fingerprint density at radius 1 is 0.409 bits per heavy atom. The van der Waals surface area contributed by atoms with Gasteiger partial charge in [-0.3, -0.25) is 0 Å². The zero-order valence-electron chi connectivity index (χ0n) is 23.6. The van der Waals surface area contributed by atoms with Gasteiger partial charge in [0.05, 0.1) is 0 Å². The molecule has 1 nitrogen and oxygen atoms in total. The van der Waals surface area contributed by atoms with E-state index in [1.54, 1.807) is 22.7 Å². The van der Waals surface area contributed by atoms with Gasteiger partial charge in [-0.25, -0.2) is 0 Å². The first kappa shape index (κ1) is 26.9. The first-order valence-electron chi connectivity index (χ1n) is 14.5. The topological polar surface area (TPSA) is 9.23 Å². The lowest BCUT2D eigenvalue weighted by Crippen LogP contribution is -2.00. The van der Waals surface area contributed by atoms with Crippen molar-refractivity contribution >= 4 is 44.1 Å². The summed E-state index contributed by atoms with van der Waals surface area (Å²) in [6.45, 7) is 0. The molecule has 0 unspecified atom stereocenters. The van der Waals surface area contributed by atoms with Crippen LogP contribution in [0.2, 0.25) is 0 Å². The Balaban J connectivity index is 1.62. The van der Waals surface area contributed by atoms with Gasteiger partial charge in [-0.05, 0) is 63.7 Å². The van der Waals surface area contributed by atoms with E-state index in [2.05, 4.69) is 126 Å². The largest absolute Gasteiger partial charge is 0.456 e. The zero-order chi connectivity index (χ0) is 29.3. The van der Waals surface area contributed by atoms with E-state index in [1.807, 2.05) is 41.7 Å². The predicted octanol–water partition coefficient (Wildman–Crippen LogP) is 13.2. The number of hydrogen-bond donors (Lipinski definition) is 0. The van der Waals surface area contributed by atoms with Crippen LogP contribution in [0.3, 0.4) is 0 Å². The number of thiophene rings is 3.